The molecule has 0 aromatic rings. The smallest absolute Gasteiger partial charge is 0.0655 e. The quantitative estimate of drug-likeness (QED) is 0.450. The number of hydrogen-bond acceptors (Lipinski definition) is 3. The first kappa shape index (κ1) is 18.5. The van der Waals surface area contributed by atoms with E-state index >= 15 is 0 Å². The molecule has 2 aliphatic carbocycles. The minimum Gasteiger partial charge on any atom is -0.378 e. The molecule has 2 saturated carbocycles. The predicted molar refractivity (Wildman–Crippen MR) is 95.7 cm³/mol. The first-order chi connectivity index (χ1) is 11.3. The lowest BCUT2D eigenvalue weighted by molar-refractivity contribution is 0.0220. The molecule has 2 aliphatic rings. The summed E-state index contributed by atoms with van der Waals surface area (Å²) >= 11 is 0. The molecule has 130 valence electrons. The fourth-order valence-corrected chi connectivity index (χ4v) is 3.78. The summed E-state index contributed by atoms with van der Waals surface area (Å²) in [5, 5.41) is 8.94. The summed E-state index contributed by atoms with van der Waals surface area (Å²) in [7, 11) is 0. The van der Waals surface area contributed by atoms with E-state index in [9.17, 15) is 0 Å². The topological polar surface area (TPSA) is 45.4 Å². The van der Waals surface area contributed by atoms with Crippen molar-refractivity contribution >= 4 is 6.21 Å². The molecule has 0 amide bonds. The molecular weight excluding hydrogens is 284 g/mol. The molecule has 2 fully saturated rings. The van der Waals surface area contributed by atoms with Crippen LogP contribution < -0.4 is 0 Å². The zero-order chi connectivity index (χ0) is 16.3. The molecule has 0 unspecified atom stereocenters. The SMILES string of the molecule is CCCCCCOC1CCC(C=NC2CCC(C#N)CC2)CC1. The molecule has 0 N–H and O–H groups in total. The lowest BCUT2D eigenvalue weighted by Gasteiger charge is -2.27. The maximum absolute atomic E-state index is 8.94. The van der Waals surface area contributed by atoms with E-state index in [4.69, 9.17) is 15.0 Å². The Morgan fingerprint density at radius 2 is 1.74 bits per heavy atom. The second-order valence-corrected chi connectivity index (χ2v) is 7.40. The Kier molecular flexibility index (Phi) is 8.68. The molecule has 0 atom stereocenters. The second-order valence-electron chi connectivity index (χ2n) is 7.40. The van der Waals surface area contributed by atoms with E-state index in [1.54, 1.807) is 0 Å². The maximum atomic E-state index is 8.94. The predicted octanol–water partition coefficient (Wildman–Crippen LogP) is 5.30. The van der Waals surface area contributed by atoms with Crippen LogP contribution in [0.1, 0.15) is 84.0 Å². The molecular formula is C20H34N2O. The average molecular weight is 319 g/mol. The van der Waals surface area contributed by atoms with Crippen LogP contribution in [-0.4, -0.2) is 25.0 Å². The third-order valence-electron chi connectivity index (χ3n) is 5.46. The van der Waals surface area contributed by atoms with E-state index in [0.717, 1.165) is 32.3 Å². The van der Waals surface area contributed by atoms with Crippen LogP contribution in [0.15, 0.2) is 4.99 Å². The van der Waals surface area contributed by atoms with Crippen molar-refractivity contribution in [3.8, 4) is 6.07 Å². The minimum absolute atomic E-state index is 0.284. The Balaban J connectivity index is 1.56. The highest BCUT2D eigenvalue weighted by Crippen LogP contribution is 2.28. The Labute approximate surface area is 142 Å². The number of rotatable bonds is 8. The third kappa shape index (κ3) is 7.04. The van der Waals surface area contributed by atoms with E-state index in [1.165, 1.54) is 51.4 Å². The highest BCUT2D eigenvalue weighted by Gasteiger charge is 2.22. The van der Waals surface area contributed by atoms with Crippen LogP contribution >= 0.6 is 0 Å². The Hall–Kier alpha value is -0.880. The Bertz CT molecular complexity index is 372. The monoisotopic (exact) mass is 318 g/mol. The number of aliphatic imine (C=N–C) groups is 1. The summed E-state index contributed by atoms with van der Waals surface area (Å²) in [6.45, 7) is 3.20. The molecule has 0 saturated heterocycles. The second kappa shape index (κ2) is 10.8. The van der Waals surface area contributed by atoms with Gasteiger partial charge in [0.05, 0.1) is 12.2 Å². The fraction of sp³-hybridized carbons (Fsp3) is 0.900. The summed E-state index contributed by atoms with van der Waals surface area (Å²) in [6, 6.07) is 2.88. The van der Waals surface area contributed by atoms with E-state index < -0.39 is 0 Å². The van der Waals surface area contributed by atoms with Crippen molar-refractivity contribution < 1.29 is 4.74 Å². The van der Waals surface area contributed by atoms with Gasteiger partial charge < -0.3 is 4.74 Å². The van der Waals surface area contributed by atoms with E-state index in [2.05, 4.69) is 19.2 Å². The van der Waals surface area contributed by atoms with Crippen LogP contribution in [0.3, 0.4) is 0 Å². The number of hydrogen-bond donors (Lipinski definition) is 0. The third-order valence-corrected chi connectivity index (χ3v) is 5.46. The lowest BCUT2D eigenvalue weighted by atomic mass is 9.86. The van der Waals surface area contributed by atoms with Crippen molar-refractivity contribution in [3.63, 3.8) is 0 Å². The molecule has 0 spiro atoms. The molecule has 0 radical (unpaired) electrons. The highest BCUT2D eigenvalue weighted by atomic mass is 16.5. The van der Waals surface area contributed by atoms with Gasteiger partial charge in [-0.15, -0.1) is 0 Å². The summed E-state index contributed by atoms with van der Waals surface area (Å²) in [6.07, 6.45) is 17.0. The average Bonchev–Trinajstić information content (AvgIpc) is 2.61. The summed E-state index contributed by atoms with van der Waals surface area (Å²) in [5.41, 5.74) is 0. The van der Waals surface area contributed by atoms with Crippen LogP contribution in [0.25, 0.3) is 0 Å². The first-order valence-corrected chi connectivity index (χ1v) is 9.86. The van der Waals surface area contributed by atoms with Gasteiger partial charge in [0.25, 0.3) is 0 Å². The van der Waals surface area contributed by atoms with Gasteiger partial charge >= 0.3 is 0 Å². The van der Waals surface area contributed by atoms with Crippen molar-refractivity contribution in [2.75, 3.05) is 6.61 Å². The van der Waals surface area contributed by atoms with Crippen molar-refractivity contribution in [2.45, 2.75) is 96.1 Å². The van der Waals surface area contributed by atoms with Gasteiger partial charge in [-0.05, 0) is 63.7 Å². The lowest BCUT2D eigenvalue weighted by Crippen LogP contribution is -2.23. The molecule has 0 aromatic carbocycles. The number of nitrogens with zero attached hydrogens (tertiary/aromatic N) is 2. The van der Waals surface area contributed by atoms with Gasteiger partial charge in [-0.2, -0.15) is 5.26 Å². The van der Waals surface area contributed by atoms with E-state index in [0.29, 0.717) is 18.1 Å². The number of unbranched alkanes of at least 4 members (excludes halogenated alkanes) is 3. The largest absolute Gasteiger partial charge is 0.378 e. The van der Waals surface area contributed by atoms with Crippen molar-refractivity contribution in [3.05, 3.63) is 0 Å². The molecule has 0 bridgehead atoms. The first-order valence-electron chi connectivity index (χ1n) is 9.86. The fourth-order valence-electron chi connectivity index (χ4n) is 3.78. The van der Waals surface area contributed by atoms with Crippen molar-refractivity contribution in [1.29, 1.82) is 5.26 Å². The molecule has 2 rings (SSSR count). The van der Waals surface area contributed by atoms with Crippen LogP contribution in [0.5, 0.6) is 0 Å². The van der Waals surface area contributed by atoms with E-state index in [1.807, 2.05) is 0 Å². The molecule has 3 heteroatoms. The van der Waals surface area contributed by atoms with Crippen molar-refractivity contribution in [1.82, 2.24) is 0 Å². The van der Waals surface area contributed by atoms with Gasteiger partial charge in [0.1, 0.15) is 0 Å². The normalized spacial score (nSPS) is 32.0. The minimum atomic E-state index is 0.284. The molecule has 0 heterocycles. The molecule has 3 nitrogen and oxygen atoms in total. The van der Waals surface area contributed by atoms with Crippen LogP contribution in [0.2, 0.25) is 0 Å². The molecule has 23 heavy (non-hydrogen) atoms. The van der Waals surface area contributed by atoms with E-state index in [-0.39, 0.29) is 5.92 Å². The zero-order valence-corrected chi connectivity index (χ0v) is 14.9. The van der Waals surface area contributed by atoms with Gasteiger partial charge in [-0.3, -0.25) is 4.99 Å². The Morgan fingerprint density at radius 3 is 2.39 bits per heavy atom. The molecule has 0 aliphatic heterocycles. The van der Waals surface area contributed by atoms with Crippen LogP contribution in [0.4, 0.5) is 0 Å². The van der Waals surface area contributed by atoms with Gasteiger partial charge in [0, 0.05) is 24.8 Å². The highest BCUT2D eigenvalue weighted by molar-refractivity contribution is 5.61. The number of ether oxygens (including phenoxy) is 1. The van der Waals surface area contributed by atoms with Crippen molar-refractivity contribution in [2.24, 2.45) is 16.8 Å². The maximum Gasteiger partial charge on any atom is 0.0655 e. The van der Waals surface area contributed by atoms with Gasteiger partial charge in [-0.25, -0.2) is 0 Å². The summed E-state index contributed by atoms with van der Waals surface area (Å²) < 4.78 is 6.02. The van der Waals surface area contributed by atoms with Crippen LogP contribution in [-0.2, 0) is 4.74 Å². The van der Waals surface area contributed by atoms with Gasteiger partial charge in [0.2, 0.25) is 0 Å². The van der Waals surface area contributed by atoms with Crippen LogP contribution in [0, 0.1) is 23.2 Å². The Morgan fingerprint density at radius 1 is 1.00 bits per heavy atom. The molecule has 0 aromatic heterocycles. The summed E-state index contributed by atoms with van der Waals surface area (Å²) in [4.78, 5) is 4.82. The summed E-state index contributed by atoms with van der Waals surface area (Å²) in [5.74, 6) is 0.940. The van der Waals surface area contributed by atoms with Gasteiger partial charge in [0.15, 0.2) is 0 Å². The number of nitriles is 1. The van der Waals surface area contributed by atoms with Gasteiger partial charge in [-0.1, -0.05) is 26.2 Å². The zero-order valence-electron chi connectivity index (χ0n) is 14.9. The standard InChI is InChI=1S/C20H34N2O/c1-2-3-4-5-14-23-20-12-8-18(9-13-20)16-22-19-10-6-17(15-21)7-11-19/h16-20H,2-14H2,1H3.